The highest BCUT2D eigenvalue weighted by atomic mass is 79.9. The second-order valence-electron chi connectivity index (χ2n) is 4.53. The molecular formula is C11H19BrN2S. The lowest BCUT2D eigenvalue weighted by Crippen LogP contribution is -2.36. The molecule has 1 heterocycles. The van der Waals surface area contributed by atoms with Crippen molar-refractivity contribution in [2.24, 2.45) is 11.1 Å². The van der Waals surface area contributed by atoms with Crippen LogP contribution < -0.4 is 11.1 Å². The molecule has 0 aliphatic rings. The van der Waals surface area contributed by atoms with Crippen molar-refractivity contribution in [1.82, 2.24) is 5.32 Å². The Morgan fingerprint density at radius 1 is 1.53 bits per heavy atom. The van der Waals surface area contributed by atoms with Gasteiger partial charge in [0.2, 0.25) is 0 Å². The average Bonchev–Trinajstić information content (AvgIpc) is 2.59. The van der Waals surface area contributed by atoms with E-state index in [2.05, 4.69) is 46.5 Å². The van der Waals surface area contributed by atoms with Gasteiger partial charge >= 0.3 is 0 Å². The second kappa shape index (κ2) is 5.99. The van der Waals surface area contributed by atoms with E-state index in [1.165, 1.54) is 9.35 Å². The van der Waals surface area contributed by atoms with E-state index in [0.29, 0.717) is 0 Å². The van der Waals surface area contributed by atoms with Crippen LogP contribution in [0, 0.1) is 5.41 Å². The highest BCUT2D eigenvalue weighted by molar-refractivity contribution is 9.10. The van der Waals surface area contributed by atoms with E-state index in [9.17, 15) is 0 Å². The normalized spacial score (nSPS) is 12.0. The summed E-state index contributed by atoms with van der Waals surface area (Å²) >= 11 is 5.26. The number of rotatable bonds is 6. The van der Waals surface area contributed by atoms with E-state index in [-0.39, 0.29) is 5.41 Å². The highest BCUT2D eigenvalue weighted by Crippen LogP contribution is 2.19. The summed E-state index contributed by atoms with van der Waals surface area (Å²) in [5, 5.41) is 5.57. The first-order valence-corrected chi connectivity index (χ1v) is 6.84. The number of halogens is 1. The van der Waals surface area contributed by atoms with E-state index < -0.39 is 0 Å². The van der Waals surface area contributed by atoms with Crippen molar-refractivity contribution in [2.75, 3.05) is 19.6 Å². The Kier molecular flexibility index (Phi) is 5.26. The molecule has 0 radical (unpaired) electrons. The molecule has 0 amide bonds. The Hall–Kier alpha value is 0.1000. The largest absolute Gasteiger partial charge is 0.330 e. The van der Waals surface area contributed by atoms with Crippen molar-refractivity contribution in [2.45, 2.75) is 20.3 Å². The zero-order valence-corrected chi connectivity index (χ0v) is 11.7. The van der Waals surface area contributed by atoms with Crippen LogP contribution >= 0.6 is 27.3 Å². The Bertz CT molecular complexity index is 297. The minimum absolute atomic E-state index is 0.204. The van der Waals surface area contributed by atoms with Crippen molar-refractivity contribution in [3.05, 3.63) is 20.8 Å². The van der Waals surface area contributed by atoms with Crippen molar-refractivity contribution >= 4 is 27.3 Å². The van der Waals surface area contributed by atoms with Crippen LogP contribution in [0.2, 0.25) is 0 Å². The Labute approximate surface area is 104 Å². The van der Waals surface area contributed by atoms with E-state index in [0.717, 1.165) is 26.1 Å². The van der Waals surface area contributed by atoms with Crippen LogP contribution in [0.3, 0.4) is 0 Å². The predicted octanol–water partition coefficient (Wildman–Crippen LogP) is 2.63. The molecule has 2 nitrogen and oxygen atoms in total. The third kappa shape index (κ3) is 5.11. The summed E-state index contributed by atoms with van der Waals surface area (Å²) in [6.07, 6.45) is 1.09. The highest BCUT2D eigenvalue weighted by Gasteiger charge is 2.14. The van der Waals surface area contributed by atoms with Gasteiger partial charge < -0.3 is 11.1 Å². The van der Waals surface area contributed by atoms with E-state index in [1.54, 1.807) is 11.3 Å². The van der Waals surface area contributed by atoms with Gasteiger partial charge in [-0.05, 0) is 46.9 Å². The summed E-state index contributed by atoms with van der Waals surface area (Å²) < 4.78 is 1.18. The molecule has 0 aliphatic heterocycles. The van der Waals surface area contributed by atoms with Crippen LogP contribution in [0.5, 0.6) is 0 Å². The molecule has 0 atom stereocenters. The van der Waals surface area contributed by atoms with Crippen LogP contribution in [0.15, 0.2) is 15.9 Å². The molecule has 1 aromatic heterocycles. The van der Waals surface area contributed by atoms with Crippen molar-refractivity contribution in [3.63, 3.8) is 0 Å². The minimum Gasteiger partial charge on any atom is -0.330 e. The Morgan fingerprint density at radius 3 is 2.80 bits per heavy atom. The molecule has 0 aliphatic carbocycles. The number of nitrogens with one attached hydrogen (secondary N) is 1. The van der Waals surface area contributed by atoms with Crippen LogP contribution in [-0.2, 0) is 6.42 Å². The maximum Gasteiger partial charge on any atom is 0.0285 e. The lowest BCUT2D eigenvalue weighted by molar-refractivity contribution is 0.353. The monoisotopic (exact) mass is 290 g/mol. The molecule has 0 unspecified atom stereocenters. The molecule has 4 heteroatoms. The smallest absolute Gasteiger partial charge is 0.0285 e. The van der Waals surface area contributed by atoms with Gasteiger partial charge in [0, 0.05) is 21.3 Å². The number of thiophene rings is 1. The number of nitrogens with two attached hydrogens (primary N) is 1. The fraction of sp³-hybridized carbons (Fsp3) is 0.636. The molecule has 0 fully saturated rings. The SMILES string of the molecule is CC(C)(CN)CNCCc1cc(Br)cs1. The zero-order valence-electron chi connectivity index (χ0n) is 9.35. The first-order valence-electron chi connectivity index (χ1n) is 5.17. The Balaban J connectivity index is 2.17. The van der Waals surface area contributed by atoms with E-state index in [1.807, 2.05) is 0 Å². The summed E-state index contributed by atoms with van der Waals surface area (Å²) in [6, 6.07) is 2.18. The van der Waals surface area contributed by atoms with Gasteiger partial charge in [0.25, 0.3) is 0 Å². The van der Waals surface area contributed by atoms with Gasteiger partial charge in [0.15, 0.2) is 0 Å². The van der Waals surface area contributed by atoms with Crippen molar-refractivity contribution in [3.8, 4) is 0 Å². The Morgan fingerprint density at radius 2 is 2.27 bits per heavy atom. The van der Waals surface area contributed by atoms with Gasteiger partial charge in [-0.1, -0.05) is 13.8 Å². The van der Waals surface area contributed by atoms with Crippen LogP contribution in [-0.4, -0.2) is 19.6 Å². The second-order valence-corrected chi connectivity index (χ2v) is 6.44. The summed E-state index contributed by atoms with van der Waals surface area (Å²) in [5.41, 5.74) is 5.86. The first kappa shape index (κ1) is 13.2. The molecule has 0 saturated heterocycles. The number of hydrogen-bond donors (Lipinski definition) is 2. The van der Waals surface area contributed by atoms with E-state index >= 15 is 0 Å². The summed E-state index contributed by atoms with van der Waals surface area (Å²) in [7, 11) is 0. The van der Waals surface area contributed by atoms with Gasteiger partial charge in [0.1, 0.15) is 0 Å². The van der Waals surface area contributed by atoms with Gasteiger partial charge in [-0.2, -0.15) is 0 Å². The average molecular weight is 291 g/mol. The lowest BCUT2D eigenvalue weighted by Gasteiger charge is -2.22. The van der Waals surface area contributed by atoms with E-state index in [4.69, 9.17) is 5.73 Å². The quantitative estimate of drug-likeness (QED) is 0.791. The van der Waals surface area contributed by atoms with Crippen LogP contribution in [0.4, 0.5) is 0 Å². The van der Waals surface area contributed by atoms with Gasteiger partial charge in [-0.25, -0.2) is 0 Å². The van der Waals surface area contributed by atoms with Crippen molar-refractivity contribution < 1.29 is 0 Å². The van der Waals surface area contributed by atoms with Gasteiger partial charge in [0.05, 0.1) is 0 Å². The van der Waals surface area contributed by atoms with Crippen molar-refractivity contribution in [1.29, 1.82) is 0 Å². The lowest BCUT2D eigenvalue weighted by atomic mass is 9.94. The fourth-order valence-electron chi connectivity index (χ4n) is 1.20. The molecule has 15 heavy (non-hydrogen) atoms. The minimum atomic E-state index is 0.204. The molecule has 0 saturated carbocycles. The topological polar surface area (TPSA) is 38.0 Å². The maximum absolute atomic E-state index is 5.66. The first-order chi connectivity index (χ1) is 7.03. The molecule has 1 rings (SSSR count). The molecule has 3 N–H and O–H groups in total. The zero-order chi connectivity index (χ0) is 11.3. The molecule has 0 bridgehead atoms. The number of hydrogen-bond acceptors (Lipinski definition) is 3. The van der Waals surface area contributed by atoms with Crippen LogP contribution in [0.1, 0.15) is 18.7 Å². The maximum atomic E-state index is 5.66. The molecule has 1 aromatic rings. The summed E-state index contributed by atoms with van der Waals surface area (Å²) in [6.45, 7) is 7.10. The molecule has 0 aromatic carbocycles. The summed E-state index contributed by atoms with van der Waals surface area (Å²) in [5.74, 6) is 0. The third-order valence-electron chi connectivity index (χ3n) is 2.33. The standard InChI is InChI=1S/C11H19BrN2S/c1-11(2,7-13)8-14-4-3-10-5-9(12)6-15-10/h5-6,14H,3-4,7-8,13H2,1-2H3. The molecular weight excluding hydrogens is 272 g/mol. The van der Waals surface area contributed by atoms with Gasteiger partial charge in [-0.3, -0.25) is 0 Å². The molecule has 0 spiro atoms. The fourth-order valence-corrected chi connectivity index (χ4v) is 2.65. The molecule has 86 valence electrons. The van der Waals surface area contributed by atoms with Gasteiger partial charge in [-0.15, -0.1) is 11.3 Å². The summed E-state index contributed by atoms with van der Waals surface area (Å²) in [4.78, 5) is 1.42. The van der Waals surface area contributed by atoms with Crippen LogP contribution in [0.25, 0.3) is 0 Å². The predicted molar refractivity (Wildman–Crippen MR) is 71.4 cm³/mol. The third-order valence-corrected chi connectivity index (χ3v) is 4.08.